The van der Waals surface area contributed by atoms with Crippen molar-refractivity contribution in [3.8, 4) is 0 Å². The second-order valence-electron chi connectivity index (χ2n) is 2.59. The minimum Gasteiger partial charge on any atom is -0.381 e. The van der Waals surface area contributed by atoms with Crippen molar-refractivity contribution in [2.24, 2.45) is 5.92 Å². The predicted octanol–water partition coefficient (Wildman–Crippen LogP) is 1.99. The van der Waals surface area contributed by atoms with Crippen LogP contribution >= 0.6 is 0 Å². The lowest BCUT2D eigenvalue weighted by molar-refractivity contribution is 0.190. The molecule has 0 saturated carbocycles. The highest BCUT2D eigenvalue weighted by molar-refractivity contribution is 5.02. The van der Waals surface area contributed by atoms with E-state index in [0.29, 0.717) is 0 Å². The molecule has 1 atom stereocenters. The molecule has 1 rings (SSSR count). The molecule has 9 heavy (non-hydrogen) atoms. The zero-order chi connectivity index (χ0) is 6.69. The summed E-state index contributed by atoms with van der Waals surface area (Å²) in [6.07, 6.45) is 3.40. The van der Waals surface area contributed by atoms with Crippen molar-refractivity contribution in [2.45, 2.75) is 20.3 Å². The fourth-order valence-electron chi connectivity index (χ4n) is 1.13. The summed E-state index contributed by atoms with van der Waals surface area (Å²) in [6, 6.07) is 0. The highest BCUT2D eigenvalue weighted by atomic mass is 16.5. The number of hydrogen-bond donors (Lipinski definition) is 0. The highest BCUT2D eigenvalue weighted by Gasteiger charge is 2.15. The fourth-order valence-corrected chi connectivity index (χ4v) is 1.13. The third-order valence-electron chi connectivity index (χ3n) is 2.03. The first kappa shape index (κ1) is 6.81. The van der Waals surface area contributed by atoms with E-state index in [1.807, 2.05) is 0 Å². The Morgan fingerprint density at radius 2 is 2.44 bits per heavy atom. The summed E-state index contributed by atoms with van der Waals surface area (Å²) in [7, 11) is 0. The monoisotopic (exact) mass is 126 g/mol. The Morgan fingerprint density at radius 1 is 1.67 bits per heavy atom. The van der Waals surface area contributed by atoms with E-state index >= 15 is 0 Å². The summed E-state index contributed by atoms with van der Waals surface area (Å²) in [4.78, 5) is 0. The molecule has 1 saturated heterocycles. The van der Waals surface area contributed by atoms with Gasteiger partial charge in [0.05, 0.1) is 6.61 Å². The van der Waals surface area contributed by atoms with Crippen LogP contribution in [0.3, 0.4) is 0 Å². The molecule has 0 amide bonds. The van der Waals surface area contributed by atoms with E-state index in [1.54, 1.807) is 0 Å². The normalized spacial score (nSPS) is 29.1. The van der Waals surface area contributed by atoms with Crippen molar-refractivity contribution >= 4 is 0 Å². The molecule has 1 aliphatic heterocycles. The molecule has 0 aliphatic carbocycles. The van der Waals surface area contributed by atoms with Crippen molar-refractivity contribution < 1.29 is 4.74 Å². The molecule has 0 radical (unpaired) electrons. The van der Waals surface area contributed by atoms with Crippen LogP contribution in [-0.2, 0) is 4.74 Å². The fraction of sp³-hybridized carbons (Fsp3) is 0.750. The van der Waals surface area contributed by atoms with E-state index in [9.17, 15) is 0 Å². The summed E-state index contributed by atoms with van der Waals surface area (Å²) < 4.78 is 5.24. The van der Waals surface area contributed by atoms with Crippen LogP contribution in [-0.4, -0.2) is 13.2 Å². The Bertz CT molecular complexity index is 110. The predicted molar refractivity (Wildman–Crippen MR) is 38.4 cm³/mol. The van der Waals surface area contributed by atoms with E-state index in [1.165, 1.54) is 12.0 Å². The molecule has 1 nitrogen and oxygen atoms in total. The van der Waals surface area contributed by atoms with Gasteiger partial charge in [0, 0.05) is 12.5 Å². The van der Waals surface area contributed by atoms with Gasteiger partial charge in [0.25, 0.3) is 0 Å². The van der Waals surface area contributed by atoms with E-state index < -0.39 is 0 Å². The van der Waals surface area contributed by atoms with Gasteiger partial charge >= 0.3 is 0 Å². The van der Waals surface area contributed by atoms with Crippen molar-refractivity contribution in [3.05, 3.63) is 11.6 Å². The lowest BCUT2D eigenvalue weighted by Crippen LogP contribution is -1.99. The van der Waals surface area contributed by atoms with Crippen LogP contribution in [0.4, 0.5) is 0 Å². The first-order chi connectivity index (χ1) is 4.34. The van der Waals surface area contributed by atoms with E-state index in [2.05, 4.69) is 19.9 Å². The average Bonchev–Trinajstić information content (AvgIpc) is 2.37. The van der Waals surface area contributed by atoms with Gasteiger partial charge in [-0.15, -0.1) is 0 Å². The van der Waals surface area contributed by atoms with Crippen LogP contribution in [0.5, 0.6) is 0 Å². The SMILES string of the molecule is CC=C(C)C1CCOC1. The van der Waals surface area contributed by atoms with Gasteiger partial charge in [0.1, 0.15) is 0 Å². The van der Waals surface area contributed by atoms with E-state index in [0.717, 1.165) is 19.1 Å². The van der Waals surface area contributed by atoms with Crippen LogP contribution in [0.2, 0.25) is 0 Å². The minimum atomic E-state index is 0.718. The summed E-state index contributed by atoms with van der Waals surface area (Å²) in [6.45, 7) is 6.17. The van der Waals surface area contributed by atoms with E-state index in [4.69, 9.17) is 4.74 Å². The Morgan fingerprint density at radius 3 is 2.89 bits per heavy atom. The van der Waals surface area contributed by atoms with Crippen LogP contribution in [0.25, 0.3) is 0 Å². The topological polar surface area (TPSA) is 9.23 Å². The maximum Gasteiger partial charge on any atom is 0.0532 e. The van der Waals surface area contributed by atoms with E-state index in [-0.39, 0.29) is 0 Å². The maximum atomic E-state index is 5.24. The summed E-state index contributed by atoms with van der Waals surface area (Å²) in [5, 5.41) is 0. The molecule has 1 unspecified atom stereocenters. The molecule has 0 aromatic carbocycles. The summed E-state index contributed by atoms with van der Waals surface area (Å²) in [5.74, 6) is 0.718. The van der Waals surface area contributed by atoms with Gasteiger partial charge < -0.3 is 4.74 Å². The lowest BCUT2D eigenvalue weighted by atomic mass is 10.0. The third kappa shape index (κ3) is 1.55. The molecule has 1 heterocycles. The summed E-state index contributed by atoms with van der Waals surface area (Å²) >= 11 is 0. The van der Waals surface area contributed by atoms with Crippen LogP contribution < -0.4 is 0 Å². The molecule has 1 fully saturated rings. The average molecular weight is 126 g/mol. The van der Waals surface area contributed by atoms with Gasteiger partial charge in [-0.2, -0.15) is 0 Å². The minimum absolute atomic E-state index is 0.718. The first-order valence-electron chi connectivity index (χ1n) is 3.55. The Balaban J connectivity index is 2.42. The molecule has 0 aromatic rings. The number of rotatable bonds is 1. The smallest absolute Gasteiger partial charge is 0.0532 e. The largest absolute Gasteiger partial charge is 0.381 e. The molecule has 52 valence electrons. The van der Waals surface area contributed by atoms with Gasteiger partial charge in [-0.3, -0.25) is 0 Å². The van der Waals surface area contributed by atoms with Gasteiger partial charge in [0.2, 0.25) is 0 Å². The lowest BCUT2D eigenvalue weighted by Gasteiger charge is -2.05. The third-order valence-corrected chi connectivity index (χ3v) is 2.03. The molecule has 1 aliphatic rings. The van der Waals surface area contributed by atoms with Crippen molar-refractivity contribution in [1.29, 1.82) is 0 Å². The van der Waals surface area contributed by atoms with Gasteiger partial charge in [-0.25, -0.2) is 0 Å². The van der Waals surface area contributed by atoms with Crippen LogP contribution in [0, 0.1) is 5.92 Å². The highest BCUT2D eigenvalue weighted by Crippen LogP contribution is 2.20. The first-order valence-corrected chi connectivity index (χ1v) is 3.55. The van der Waals surface area contributed by atoms with Gasteiger partial charge in [0.15, 0.2) is 0 Å². The Labute approximate surface area is 56.7 Å². The van der Waals surface area contributed by atoms with Crippen molar-refractivity contribution in [1.82, 2.24) is 0 Å². The molecular formula is C8H14O. The van der Waals surface area contributed by atoms with Crippen LogP contribution in [0.1, 0.15) is 20.3 Å². The van der Waals surface area contributed by atoms with Gasteiger partial charge in [-0.05, 0) is 20.3 Å². The number of hydrogen-bond acceptors (Lipinski definition) is 1. The number of ether oxygens (including phenoxy) is 1. The quantitative estimate of drug-likeness (QED) is 0.488. The molecule has 0 bridgehead atoms. The Hall–Kier alpha value is -0.300. The molecule has 0 N–H and O–H groups in total. The maximum absolute atomic E-state index is 5.24. The molecule has 1 heteroatoms. The summed E-state index contributed by atoms with van der Waals surface area (Å²) in [5.41, 5.74) is 1.48. The second-order valence-corrected chi connectivity index (χ2v) is 2.59. The molecular weight excluding hydrogens is 112 g/mol. The zero-order valence-electron chi connectivity index (χ0n) is 6.18. The Kier molecular flexibility index (Phi) is 2.29. The molecule has 0 spiro atoms. The standard InChI is InChI=1S/C8H14O/c1-3-7(2)8-4-5-9-6-8/h3,8H,4-6H2,1-2H3. The zero-order valence-corrected chi connectivity index (χ0v) is 6.18. The van der Waals surface area contributed by atoms with Crippen molar-refractivity contribution in [2.75, 3.05) is 13.2 Å². The number of allylic oxidation sites excluding steroid dienone is 1. The van der Waals surface area contributed by atoms with Crippen molar-refractivity contribution in [3.63, 3.8) is 0 Å². The van der Waals surface area contributed by atoms with Gasteiger partial charge in [-0.1, -0.05) is 11.6 Å². The second kappa shape index (κ2) is 3.02. The molecule has 0 aromatic heterocycles. The van der Waals surface area contributed by atoms with Crippen LogP contribution in [0.15, 0.2) is 11.6 Å².